The Balaban J connectivity index is 1.20. The number of thiophene rings is 2. The average Bonchev–Trinajstić information content (AvgIpc) is 3.97. The van der Waals surface area contributed by atoms with Crippen molar-refractivity contribution in [2.75, 3.05) is 12.4 Å². The van der Waals surface area contributed by atoms with Gasteiger partial charge in [-0.15, -0.1) is 28.6 Å². The Hall–Kier alpha value is -4.02. The Morgan fingerprint density at radius 2 is 1.92 bits per heavy atom. The van der Waals surface area contributed by atoms with Crippen molar-refractivity contribution in [3.63, 3.8) is 0 Å². The molecular weight excluding hydrogens is 697 g/mol. The number of benzene rings is 1. The van der Waals surface area contributed by atoms with Gasteiger partial charge in [0.05, 0.1) is 33.2 Å². The zero-order chi connectivity index (χ0) is 36.9. The minimum atomic E-state index is -0.608. The number of hydrogen-bond donors (Lipinski definition) is 5. The highest BCUT2D eigenvalue weighted by Gasteiger charge is 2.60. The predicted octanol–water partition coefficient (Wildman–Crippen LogP) is 8.20. The molecule has 9 heteroatoms. The van der Waals surface area contributed by atoms with Gasteiger partial charge in [-0.1, -0.05) is 42.8 Å². The molecule has 6 N–H and O–H groups in total. The van der Waals surface area contributed by atoms with Crippen LogP contribution in [-0.4, -0.2) is 47.2 Å². The summed E-state index contributed by atoms with van der Waals surface area (Å²) in [6.45, 7) is 3.63. The van der Waals surface area contributed by atoms with E-state index in [1.165, 1.54) is 25.7 Å². The molecule has 2 spiro atoms. The fraction of sp³-hybridized carbons (Fsp3) is 0.500. The number of nitrogens with two attached hydrogens (primary N) is 1. The van der Waals surface area contributed by atoms with Gasteiger partial charge < -0.3 is 26.6 Å². The first-order valence-corrected chi connectivity index (χ1v) is 20.9. The number of Topliss-reactive ketones (excluding diaryl/α,β-unsaturated/α-hetero) is 1. The van der Waals surface area contributed by atoms with E-state index < -0.39 is 6.10 Å². The Labute approximate surface area is 321 Å². The predicted molar refractivity (Wildman–Crippen MR) is 217 cm³/mol. The van der Waals surface area contributed by atoms with Crippen LogP contribution in [0.4, 0.5) is 5.69 Å². The molecule has 1 aliphatic heterocycles. The van der Waals surface area contributed by atoms with Crippen LogP contribution >= 0.6 is 22.7 Å². The van der Waals surface area contributed by atoms with Crippen molar-refractivity contribution < 1.29 is 15.0 Å². The van der Waals surface area contributed by atoms with Gasteiger partial charge in [0.1, 0.15) is 5.75 Å². The Morgan fingerprint density at radius 3 is 2.70 bits per heavy atom. The second-order valence-electron chi connectivity index (χ2n) is 16.2. The van der Waals surface area contributed by atoms with E-state index in [4.69, 9.17) is 5.73 Å². The van der Waals surface area contributed by atoms with Crippen LogP contribution in [0.2, 0.25) is 0 Å². The molecule has 276 valence electrons. The van der Waals surface area contributed by atoms with E-state index >= 15 is 0 Å². The Morgan fingerprint density at radius 1 is 1.13 bits per heavy atom. The monoisotopic (exact) mass is 746 g/mol. The number of anilines is 1. The Bertz CT molecular complexity index is 2100. The molecule has 2 aromatic heterocycles. The van der Waals surface area contributed by atoms with Crippen LogP contribution in [0.15, 0.2) is 41.4 Å². The van der Waals surface area contributed by atoms with Crippen molar-refractivity contribution in [1.82, 2.24) is 5.32 Å². The van der Waals surface area contributed by atoms with Crippen molar-refractivity contribution in [3.8, 4) is 39.2 Å². The van der Waals surface area contributed by atoms with Gasteiger partial charge >= 0.3 is 0 Å². The largest absolute Gasteiger partial charge is 0.507 e. The summed E-state index contributed by atoms with van der Waals surface area (Å²) in [6, 6.07) is 9.90. The molecule has 3 saturated carbocycles. The summed E-state index contributed by atoms with van der Waals surface area (Å²) in [5.41, 5.74) is 9.84. The number of aliphatic hydroxyl groups excluding tert-OH is 1. The van der Waals surface area contributed by atoms with Gasteiger partial charge in [0.15, 0.2) is 11.7 Å². The number of aliphatic imine (C=N–C) groups is 1. The van der Waals surface area contributed by atoms with E-state index in [1.54, 1.807) is 36.6 Å². The van der Waals surface area contributed by atoms with Gasteiger partial charge in [0.2, 0.25) is 0 Å². The number of nitrogens with zero attached hydrogens (tertiary/aromatic N) is 1. The molecule has 1 aromatic carbocycles. The lowest BCUT2D eigenvalue weighted by molar-refractivity contribution is 0.0338. The van der Waals surface area contributed by atoms with Crippen molar-refractivity contribution in [2.24, 2.45) is 39.3 Å². The number of guanidine groups is 1. The minimum Gasteiger partial charge on any atom is -0.507 e. The molecule has 8 rings (SSSR count). The number of ketones is 1. The SMILES string of the molecule is CC#Cc1ccc(-c2ccc(C(=O)[C@@H]3CC[C@H]4C[C@]35C[C@@H](CC#Cc3c(cc(O)c6c3N[C@@H]([C@H](C)O)C=C6)C[C@H]4NC(N)=NC)C3(CCCC3)C5)s2)s1. The fourth-order valence-electron chi connectivity index (χ4n) is 10.8. The number of fused-ring (bicyclic) bond motifs is 6. The summed E-state index contributed by atoms with van der Waals surface area (Å²) < 4.78 is 0. The molecule has 4 aliphatic carbocycles. The molecule has 0 unspecified atom stereocenters. The number of nitrogens with one attached hydrogen (secondary N) is 2. The summed E-state index contributed by atoms with van der Waals surface area (Å²) >= 11 is 3.32. The molecule has 5 aliphatic rings. The van der Waals surface area contributed by atoms with Gasteiger partial charge in [-0.2, -0.15) is 0 Å². The van der Waals surface area contributed by atoms with Gasteiger partial charge in [0, 0.05) is 40.7 Å². The van der Waals surface area contributed by atoms with E-state index in [9.17, 15) is 15.0 Å². The zero-order valence-corrected chi connectivity index (χ0v) is 32.6. The lowest BCUT2D eigenvalue weighted by atomic mass is 9.58. The molecule has 3 heterocycles. The number of rotatable bonds is 5. The van der Waals surface area contributed by atoms with Crippen LogP contribution < -0.4 is 16.4 Å². The molecule has 53 heavy (non-hydrogen) atoms. The highest BCUT2D eigenvalue weighted by molar-refractivity contribution is 7.23. The summed E-state index contributed by atoms with van der Waals surface area (Å²) in [5.74, 6) is 15.0. The lowest BCUT2D eigenvalue weighted by Crippen LogP contribution is -2.50. The third-order valence-corrected chi connectivity index (χ3v) is 15.5. The van der Waals surface area contributed by atoms with Crippen LogP contribution in [0, 0.1) is 52.3 Å². The molecule has 3 fully saturated rings. The molecule has 3 aromatic rings. The molecular formula is C44H50N4O3S2. The van der Waals surface area contributed by atoms with Crippen LogP contribution in [0.1, 0.15) is 109 Å². The number of aromatic hydroxyl groups is 1. The van der Waals surface area contributed by atoms with E-state index in [1.807, 2.05) is 25.1 Å². The van der Waals surface area contributed by atoms with Crippen LogP contribution in [0.5, 0.6) is 5.75 Å². The number of carbonyl (C=O) groups is 1. The van der Waals surface area contributed by atoms with Crippen molar-refractivity contribution >= 4 is 46.2 Å². The summed E-state index contributed by atoms with van der Waals surface area (Å²) in [5, 5.41) is 29.0. The summed E-state index contributed by atoms with van der Waals surface area (Å²) in [7, 11) is 1.71. The third-order valence-electron chi connectivity index (χ3n) is 13.2. The second-order valence-corrected chi connectivity index (χ2v) is 18.4. The molecule has 0 radical (unpaired) electrons. The molecule has 7 nitrogen and oxygen atoms in total. The second kappa shape index (κ2) is 14.3. The Kier molecular flexibility index (Phi) is 9.72. The summed E-state index contributed by atoms with van der Waals surface area (Å²) in [4.78, 5) is 23.4. The zero-order valence-electron chi connectivity index (χ0n) is 30.9. The normalized spacial score (nSPS) is 28.9. The first kappa shape index (κ1) is 36.0. The van der Waals surface area contributed by atoms with Gasteiger partial charge in [-0.25, -0.2) is 0 Å². The first-order valence-electron chi connectivity index (χ1n) is 19.3. The number of phenols is 1. The maximum absolute atomic E-state index is 14.9. The smallest absolute Gasteiger partial charge is 0.188 e. The van der Waals surface area contributed by atoms with Crippen LogP contribution in [0.3, 0.4) is 0 Å². The molecule has 0 saturated heterocycles. The van der Waals surface area contributed by atoms with E-state index in [0.29, 0.717) is 29.6 Å². The summed E-state index contributed by atoms with van der Waals surface area (Å²) in [6.07, 6.45) is 14.3. The van der Waals surface area contributed by atoms with Crippen molar-refractivity contribution in [2.45, 2.75) is 103 Å². The first-order chi connectivity index (χ1) is 25.6. The van der Waals surface area contributed by atoms with Gasteiger partial charge in [-0.3, -0.25) is 9.79 Å². The number of carbonyl (C=O) groups excluding carboxylic acids is 1. The topological polar surface area (TPSA) is 120 Å². The van der Waals surface area contributed by atoms with E-state index in [2.05, 4.69) is 63.6 Å². The minimum absolute atomic E-state index is 0.0388. The quantitative estimate of drug-likeness (QED) is 0.0778. The fourth-order valence-corrected chi connectivity index (χ4v) is 12.8. The van der Waals surface area contributed by atoms with Crippen molar-refractivity contribution in [1.29, 1.82) is 0 Å². The number of phenolic OH excluding ortho intramolecular Hbond substituents is 1. The molecule has 0 amide bonds. The maximum atomic E-state index is 14.9. The number of aliphatic hydroxyl groups is 1. The van der Waals surface area contributed by atoms with Gasteiger partial charge in [-0.05, 0) is 124 Å². The third kappa shape index (κ3) is 6.60. The van der Waals surface area contributed by atoms with Crippen molar-refractivity contribution in [3.05, 3.63) is 62.9 Å². The van der Waals surface area contributed by atoms with Crippen LogP contribution in [0.25, 0.3) is 15.8 Å². The highest BCUT2D eigenvalue weighted by Crippen LogP contribution is 2.68. The average molecular weight is 747 g/mol. The highest BCUT2D eigenvalue weighted by atomic mass is 32.1. The van der Waals surface area contributed by atoms with Gasteiger partial charge in [0.25, 0.3) is 0 Å². The van der Waals surface area contributed by atoms with E-state index in [-0.39, 0.29) is 40.5 Å². The van der Waals surface area contributed by atoms with E-state index in [0.717, 1.165) is 74.8 Å². The number of hydrogen-bond acceptors (Lipinski definition) is 7. The van der Waals surface area contributed by atoms with Crippen LogP contribution in [-0.2, 0) is 6.42 Å². The lowest BCUT2D eigenvalue weighted by Gasteiger charge is -2.47. The molecule has 3 bridgehead atoms. The standard InChI is InChI=1S/C44H50N4O3S2/c1-4-8-30-12-16-37(52-30)38-17-18-39(53-38)41(51)33-14-11-27-23-44(33)24-29(43(25-44)19-5-6-20-43)9-7-10-31-28(21-35(27)48-42(45)46-3)22-36(50)32-13-15-34(26(2)49)47-40(31)32/h12-13,15-18,22,26-27,29,33-35,47,49-50H,5-6,9,11,14,19-21,23-25H2,1-3H3,(H3,45,46,48)/t26-,27-,29+,33-,34+,35+,44+/m0/s1. The maximum Gasteiger partial charge on any atom is 0.188 e. The molecule has 7 atom stereocenters.